The van der Waals surface area contributed by atoms with Crippen LogP contribution in [0.2, 0.25) is 5.02 Å². The van der Waals surface area contributed by atoms with E-state index in [1.807, 2.05) is 0 Å². The molecule has 0 spiro atoms. The first-order chi connectivity index (χ1) is 13.7. The van der Waals surface area contributed by atoms with Gasteiger partial charge >= 0.3 is 6.03 Å². The fraction of sp³-hybridized carbons (Fsp3) is 0.250. The number of carbonyl (C=O) groups is 3. The fourth-order valence-corrected chi connectivity index (χ4v) is 3.23. The minimum Gasteiger partial charge on any atom is -0.366 e. The highest BCUT2D eigenvalue weighted by molar-refractivity contribution is 6.30. The summed E-state index contributed by atoms with van der Waals surface area (Å²) in [6.07, 6.45) is 0.122. The molecule has 0 saturated carbocycles. The third-order valence-corrected chi connectivity index (χ3v) is 4.98. The number of carbonyl (C=O) groups excluding carboxylic acids is 3. The lowest BCUT2D eigenvalue weighted by atomic mass is 10.1. The van der Waals surface area contributed by atoms with Crippen molar-refractivity contribution in [3.63, 3.8) is 0 Å². The van der Waals surface area contributed by atoms with Gasteiger partial charge < -0.3 is 20.9 Å². The van der Waals surface area contributed by atoms with Gasteiger partial charge in [0.05, 0.1) is 11.1 Å². The Morgan fingerprint density at radius 3 is 2.59 bits per heavy atom. The molecule has 7 nitrogen and oxygen atoms in total. The number of nitrogens with zero attached hydrogens (tertiary/aromatic N) is 2. The van der Waals surface area contributed by atoms with E-state index in [4.69, 9.17) is 17.3 Å². The number of urea groups is 1. The molecule has 1 aliphatic heterocycles. The van der Waals surface area contributed by atoms with Gasteiger partial charge in [0.15, 0.2) is 0 Å². The Kier molecular flexibility index (Phi) is 6.03. The van der Waals surface area contributed by atoms with Crippen molar-refractivity contribution in [3.8, 4) is 0 Å². The lowest BCUT2D eigenvalue weighted by Crippen LogP contribution is -2.44. The average molecular weight is 419 g/mol. The molecule has 1 atom stereocenters. The second-order valence-corrected chi connectivity index (χ2v) is 7.28. The van der Waals surface area contributed by atoms with Gasteiger partial charge in [0, 0.05) is 37.8 Å². The number of halogens is 2. The lowest BCUT2D eigenvalue weighted by Gasteiger charge is -2.21. The number of amides is 4. The normalized spacial score (nSPS) is 16.0. The van der Waals surface area contributed by atoms with Crippen LogP contribution in [-0.4, -0.2) is 42.4 Å². The molecule has 0 aromatic heterocycles. The standard InChI is InChI=1S/C20H20ClFN4O3/c1-25(10-12-2-4-13(5-3-12)19(23)28)20(29)24-14-8-18(27)26(11-14)15-6-7-16(21)17(22)9-15/h2-7,9,14H,8,10-11H2,1H3,(H2,23,28)(H,24,29). The Labute approximate surface area is 172 Å². The monoisotopic (exact) mass is 418 g/mol. The summed E-state index contributed by atoms with van der Waals surface area (Å²) in [5.74, 6) is -1.33. The molecular formula is C20H20ClFN4O3. The van der Waals surface area contributed by atoms with Crippen LogP contribution in [0.3, 0.4) is 0 Å². The van der Waals surface area contributed by atoms with E-state index in [1.54, 1.807) is 37.4 Å². The number of rotatable bonds is 5. The van der Waals surface area contributed by atoms with E-state index in [-0.39, 0.29) is 29.9 Å². The molecule has 152 valence electrons. The zero-order valence-corrected chi connectivity index (χ0v) is 16.4. The summed E-state index contributed by atoms with van der Waals surface area (Å²) in [6.45, 7) is 0.560. The minimum absolute atomic E-state index is 0.0178. The van der Waals surface area contributed by atoms with E-state index in [2.05, 4.69) is 5.32 Å². The number of anilines is 1. The van der Waals surface area contributed by atoms with Gasteiger partial charge in [0.25, 0.3) is 0 Å². The molecule has 1 saturated heterocycles. The van der Waals surface area contributed by atoms with Gasteiger partial charge in [0.2, 0.25) is 11.8 Å². The molecule has 0 radical (unpaired) electrons. The lowest BCUT2D eigenvalue weighted by molar-refractivity contribution is -0.117. The molecule has 1 fully saturated rings. The van der Waals surface area contributed by atoms with Crippen LogP contribution >= 0.6 is 11.6 Å². The van der Waals surface area contributed by atoms with Gasteiger partial charge in [-0.25, -0.2) is 9.18 Å². The van der Waals surface area contributed by atoms with Gasteiger partial charge in [-0.1, -0.05) is 23.7 Å². The average Bonchev–Trinajstić information content (AvgIpc) is 3.04. The Bertz CT molecular complexity index is 951. The van der Waals surface area contributed by atoms with E-state index in [1.165, 1.54) is 21.9 Å². The highest BCUT2D eigenvalue weighted by Crippen LogP contribution is 2.25. The molecule has 9 heteroatoms. The summed E-state index contributed by atoms with van der Waals surface area (Å²) >= 11 is 5.68. The Morgan fingerprint density at radius 1 is 1.28 bits per heavy atom. The molecule has 2 aromatic rings. The second kappa shape index (κ2) is 8.48. The summed E-state index contributed by atoms with van der Waals surface area (Å²) in [5.41, 5.74) is 6.83. The highest BCUT2D eigenvalue weighted by Gasteiger charge is 2.32. The molecule has 1 unspecified atom stereocenters. The summed E-state index contributed by atoms with van der Waals surface area (Å²) in [4.78, 5) is 38.7. The van der Waals surface area contributed by atoms with Crippen molar-refractivity contribution in [2.45, 2.75) is 19.0 Å². The predicted molar refractivity (Wildman–Crippen MR) is 107 cm³/mol. The third kappa shape index (κ3) is 4.83. The summed E-state index contributed by atoms with van der Waals surface area (Å²) in [7, 11) is 1.63. The summed E-state index contributed by atoms with van der Waals surface area (Å²) in [6, 6.07) is 10.1. The molecule has 4 amide bonds. The third-order valence-electron chi connectivity index (χ3n) is 4.67. The van der Waals surface area contributed by atoms with E-state index in [0.29, 0.717) is 17.8 Å². The molecule has 3 N–H and O–H groups in total. The van der Waals surface area contributed by atoms with Crippen molar-refractivity contribution >= 4 is 35.1 Å². The van der Waals surface area contributed by atoms with Crippen LogP contribution in [0.4, 0.5) is 14.9 Å². The van der Waals surface area contributed by atoms with Crippen LogP contribution in [0.25, 0.3) is 0 Å². The number of nitrogens with two attached hydrogens (primary N) is 1. The van der Waals surface area contributed by atoms with E-state index in [9.17, 15) is 18.8 Å². The molecule has 29 heavy (non-hydrogen) atoms. The number of hydrogen-bond donors (Lipinski definition) is 2. The van der Waals surface area contributed by atoms with Gasteiger partial charge in [-0.15, -0.1) is 0 Å². The van der Waals surface area contributed by atoms with Crippen LogP contribution in [-0.2, 0) is 11.3 Å². The van der Waals surface area contributed by atoms with Crippen LogP contribution in [0.15, 0.2) is 42.5 Å². The molecule has 1 aliphatic rings. The van der Waals surface area contributed by atoms with Crippen molar-refractivity contribution in [2.24, 2.45) is 5.73 Å². The van der Waals surface area contributed by atoms with Gasteiger partial charge in [-0.05, 0) is 35.9 Å². The smallest absolute Gasteiger partial charge is 0.317 e. The van der Waals surface area contributed by atoms with Crippen molar-refractivity contribution in [2.75, 3.05) is 18.5 Å². The molecular weight excluding hydrogens is 399 g/mol. The predicted octanol–water partition coefficient (Wildman–Crippen LogP) is 2.52. The first-order valence-corrected chi connectivity index (χ1v) is 9.28. The number of hydrogen-bond acceptors (Lipinski definition) is 3. The van der Waals surface area contributed by atoms with Gasteiger partial charge in [-0.2, -0.15) is 0 Å². The van der Waals surface area contributed by atoms with E-state index < -0.39 is 17.8 Å². The van der Waals surface area contributed by atoms with E-state index >= 15 is 0 Å². The number of nitrogens with one attached hydrogen (secondary N) is 1. The molecule has 2 aromatic carbocycles. The largest absolute Gasteiger partial charge is 0.366 e. The number of benzene rings is 2. The maximum Gasteiger partial charge on any atom is 0.317 e. The number of primary amides is 1. The van der Waals surface area contributed by atoms with Crippen molar-refractivity contribution in [3.05, 3.63) is 64.4 Å². The Hall–Kier alpha value is -3.13. The topological polar surface area (TPSA) is 95.7 Å². The van der Waals surface area contributed by atoms with Gasteiger partial charge in [0.1, 0.15) is 5.82 Å². The van der Waals surface area contributed by atoms with Crippen LogP contribution < -0.4 is 16.0 Å². The zero-order valence-electron chi connectivity index (χ0n) is 15.7. The molecule has 0 bridgehead atoms. The Balaban J connectivity index is 1.58. The van der Waals surface area contributed by atoms with Crippen LogP contribution in [0, 0.1) is 5.82 Å². The zero-order chi connectivity index (χ0) is 21.1. The van der Waals surface area contributed by atoms with E-state index in [0.717, 1.165) is 5.56 Å². The first kappa shape index (κ1) is 20.6. The van der Waals surface area contributed by atoms with Crippen molar-refractivity contribution in [1.82, 2.24) is 10.2 Å². The van der Waals surface area contributed by atoms with Gasteiger partial charge in [-0.3, -0.25) is 9.59 Å². The van der Waals surface area contributed by atoms with Crippen molar-refractivity contribution in [1.29, 1.82) is 0 Å². The quantitative estimate of drug-likeness (QED) is 0.780. The van der Waals surface area contributed by atoms with Crippen LogP contribution in [0.5, 0.6) is 0 Å². The molecule has 1 heterocycles. The van der Waals surface area contributed by atoms with Crippen LogP contribution in [0.1, 0.15) is 22.3 Å². The van der Waals surface area contributed by atoms with Crippen molar-refractivity contribution < 1.29 is 18.8 Å². The minimum atomic E-state index is -0.605. The molecule has 0 aliphatic carbocycles. The second-order valence-electron chi connectivity index (χ2n) is 6.87. The SMILES string of the molecule is CN(Cc1ccc(C(N)=O)cc1)C(=O)NC1CC(=O)N(c2ccc(Cl)c(F)c2)C1. The summed E-state index contributed by atoms with van der Waals surface area (Å²) < 4.78 is 13.7. The first-order valence-electron chi connectivity index (χ1n) is 8.90. The fourth-order valence-electron chi connectivity index (χ4n) is 3.11. The summed E-state index contributed by atoms with van der Waals surface area (Å²) in [5, 5.41) is 2.80. The highest BCUT2D eigenvalue weighted by atomic mass is 35.5. The Morgan fingerprint density at radius 2 is 1.97 bits per heavy atom. The molecule has 3 rings (SSSR count). The maximum atomic E-state index is 13.7. The maximum absolute atomic E-state index is 13.7.